The van der Waals surface area contributed by atoms with Crippen molar-refractivity contribution in [3.05, 3.63) is 35.2 Å². The molecule has 0 fully saturated rings. The second kappa shape index (κ2) is 4.53. The smallest absolute Gasteiger partial charge is 0.257 e. The molecule has 1 aromatic heterocycles. The molecule has 3 rings (SSSR count). The highest BCUT2D eigenvalue weighted by atomic mass is 16.5. The van der Waals surface area contributed by atoms with Gasteiger partial charge in [-0.25, -0.2) is 0 Å². The number of hydrogen-bond donors (Lipinski definition) is 1. The number of hydrogen-bond acceptors (Lipinski definition) is 4. The average molecular weight is 243 g/mol. The maximum Gasteiger partial charge on any atom is 0.257 e. The largest absolute Gasteiger partial charge is 0.334 e. The summed E-state index contributed by atoms with van der Waals surface area (Å²) < 4.78 is 5.33. The van der Waals surface area contributed by atoms with E-state index in [1.165, 1.54) is 11.1 Å². The SMILES string of the molecule is CC(C)Cc1noc(-c2ccc3c(c2)CNC3)n1. The lowest BCUT2D eigenvalue weighted by molar-refractivity contribution is 0.418. The van der Waals surface area contributed by atoms with Crippen LogP contribution in [-0.2, 0) is 19.5 Å². The maximum absolute atomic E-state index is 5.33. The van der Waals surface area contributed by atoms with E-state index in [0.29, 0.717) is 11.8 Å². The summed E-state index contributed by atoms with van der Waals surface area (Å²) in [5.74, 6) is 1.96. The fourth-order valence-corrected chi connectivity index (χ4v) is 2.25. The normalized spacial score (nSPS) is 14.2. The first-order chi connectivity index (χ1) is 8.72. The Bertz CT molecular complexity index is 560. The molecule has 1 aliphatic heterocycles. The van der Waals surface area contributed by atoms with Gasteiger partial charge in [-0.15, -0.1) is 0 Å². The Morgan fingerprint density at radius 2 is 2.11 bits per heavy atom. The van der Waals surface area contributed by atoms with E-state index in [1.54, 1.807) is 0 Å². The highest BCUT2D eigenvalue weighted by molar-refractivity contribution is 5.56. The zero-order chi connectivity index (χ0) is 12.5. The van der Waals surface area contributed by atoms with Crippen LogP contribution in [0.3, 0.4) is 0 Å². The number of nitrogens with one attached hydrogen (secondary N) is 1. The lowest BCUT2D eigenvalue weighted by atomic mass is 10.1. The van der Waals surface area contributed by atoms with E-state index in [1.807, 2.05) is 0 Å². The molecule has 0 atom stereocenters. The molecule has 4 heteroatoms. The van der Waals surface area contributed by atoms with E-state index < -0.39 is 0 Å². The molecule has 0 spiro atoms. The van der Waals surface area contributed by atoms with Gasteiger partial charge in [0.05, 0.1) is 0 Å². The van der Waals surface area contributed by atoms with E-state index >= 15 is 0 Å². The fourth-order valence-electron chi connectivity index (χ4n) is 2.25. The molecule has 0 amide bonds. The molecule has 0 unspecified atom stereocenters. The number of benzene rings is 1. The number of rotatable bonds is 3. The van der Waals surface area contributed by atoms with Crippen LogP contribution in [-0.4, -0.2) is 10.1 Å². The summed E-state index contributed by atoms with van der Waals surface area (Å²) in [4.78, 5) is 4.45. The van der Waals surface area contributed by atoms with Crippen molar-refractivity contribution in [2.75, 3.05) is 0 Å². The lowest BCUT2D eigenvalue weighted by Gasteiger charge is -1.99. The van der Waals surface area contributed by atoms with Crippen LogP contribution in [0.4, 0.5) is 0 Å². The Labute approximate surface area is 106 Å². The molecular formula is C14H17N3O. The van der Waals surface area contributed by atoms with Crippen LogP contribution in [0.15, 0.2) is 22.7 Å². The third-order valence-corrected chi connectivity index (χ3v) is 3.14. The van der Waals surface area contributed by atoms with Gasteiger partial charge in [0, 0.05) is 25.1 Å². The monoisotopic (exact) mass is 243 g/mol. The summed E-state index contributed by atoms with van der Waals surface area (Å²) >= 11 is 0. The summed E-state index contributed by atoms with van der Waals surface area (Å²) in [5.41, 5.74) is 3.71. The first kappa shape index (κ1) is 11.4. The summed E-state index contributed by atoms with van der Waals surface area (Å²) in [6, 6.07) is 6.33. The van der Waals surface area contributed by atoms with Gasteiger partial charge in [0.1, 0.15) is 0 Å². The number of aromatic nitrogens is 2. The fraction of sp³-hybridized carbons (Fsp3) is 0.429. The van der Waals surface area contributed by atoms with Crippen LogP contribution in [0.2, 0.25) is 0 Å². The summed E-state index contributed by atoms with van der Waals surface area (Å²) in [6.07, 6.45) is 0.857. The van der Waals surface area contributed by atoms with Crippen LogP contribution in [0.5, 0.6) is 0 Å². The van der Waals surface area contributed by atoms with Crippen LogP contribution in [0, 0.1) is 5.92 Å². The van der Waals surface area contributed by atoms with E-state index in [2.05, 4.69) is 47.5 Å². The van der Waals surface area contributed by atoms with Gasteiger partial charge >= 0.3 is 0 Å². The topological polar surface area (TPSA) is 51.0 Å². The Balaban J connectivity index is 1.88. The molecule has 1 aromatic carbocycles. The molecule has 94 valence electrons. The standard InChI is InChI=1S/C14H17N3O/c1-9(2)5-13-16-14(18-17-13)10-3-4-11-7-15-8-12(11)6-10/h3-4,6,9,15H,5,7-8H2,1-2H3. The molecule has 18 heavy (non-hydrogen) atoms. The molecule has 0 saturated heterocycles. The molecule has 0 aliphatic carbocycles. The van der Waals surface area contributed by atoms with Gasteiger partial charge in [-0.3, -0.25) is 0 Å². The maximum atomic E-state index is 5.33. The summed E-state index contributed by atoms with van der Waals surface area (Å²) in [5, 5.41) is 7.36. The molecule has 1 N–H and O–H groups in total. The zero-order valence-corrected chi connectivity index (χ0v) is 10.7. The second-order valence-electron chi connectivity index (χ2n) is 5.20. The third-order valence-electron chi connectivity index (χ3n) is 3.14. The Kier molecular flexibility index (Phi) is 2.88. The number of nitrogens with zero attached hydrogens (tertiary/aromatic N) is 2. The minimum atomic E-state index is 0.541. The van der Waals surface area contributed by atoms with Crippen molar-refractivity contribution in [2.45, 2.75) is 33.4 Å². The quantitative estimate of drug-likeness (QED) is 0.900. The van der Waals surface area contributed by atoms with Crippen LogP contribution in [0.1, 0.15) is 30.8 Å². The zero-order valence-electron chi connectivity index (χ0n) is 10.7. The van der Waals surface area contributed by atoms with E-state index in [4.69, 9.17) is 4.52 Å². The van der Waals surface area contributed by atoms with Crippen molar-refractivity contribution in [1.82, 2.24) is 15.5 Å². The van der Waals surface area contributed by atoms with Crippen LogP contribution < -0.4 is 5.32 Å². The molecule has 0 radical (unpaired) electrons. The molecular weight excluding hydrogens is 226 g/mol. The van der Waals surface area contributed by atoms with Gasteiger partial charge in [0.2, 0.25) is 0 Å². The van der Waals surface area contributed by atoms with Gasteiger partial charge in [0.15, 0.2) is 5.82 Å². The second-order valence-corrected chi connectivity index (χ2v) is 5.20. The van der Waals surface area contributed by atoms with E-state index in [0.717, 1.165) is 30.9 Å². The third kappa shape index (κ3) is 2.16. The van der Waals surface area contributed by atoms with Crippen molar-refractivity contribution in [2.24, 2.45) is 5.92 Å². The first-order valence-corrected chi connectivity index (χ1v) is 6.38. The van der Waals surface area contributed by atoms with Gasteiger partial charge in [-0.05, 0) is 29.2 Å². The lowest BCUT2D eigenvalue weighted by Crippen LogP contribution is -1.99. The van der Waals surface area contributed by atoms with Crippen molar-refractivity contribution >= 4 is 0 Å². The Morgan fingerprint density at radius 3 is 2.94 bits per heavy atom. The van der Waals surface area contributed by atoms with E-state index in [-0.39, 0.29) is 0 Å². The predicted molar refractivity (Wildman–Crippen MR) is 68.8 cm³/mol. The van der Waals surface area contributed by atoms with E-state index in [9.17, 15) is 0 Å². The van der Waals surface area contributed by atoms with Gasteiger partial charge < -0.3 is 9.84 Å². The summed E-state index contributed by atoms with van der Waals surface area (Å²) in [6.45, 7) is 6.18. The minimum absolute atomic E-state index is 0.541. The van der Waals surface area contributed by atoms with Crippen molar-refractivity contribution in [3.63, 3.8) is 0 Å². The molecule has 0 saturated carbocycles. The Morgan fingerprint density at radius 1 is 1.28 bits per heavy atom. The van der Waals surface area contributed by atoms with Gasteiger partial charge in [-0.1, -0.05) is 25.1 Å². The predicted octanol–water partition coefficient (Wildman–Crippen LogP) is 2.54. The minimum Gasteiger partial charge on any atom is -0.334 e. The van der Waals surface area contributed by atoms with Crippen molar-refractivity contribution in [1.29, 1.82) is 0 Å². The first-order valence-electron chi connectivity index (χ1n) is 6.38. The Hall–Kier alpha value is -1.68. The molecule has 2 aromatic rings. The molecule has 4 nitrogen and oxygen atoms in total. The van der Waals surface area contributed by atoms with Gasteiger partial charge in [-0.2, -0.15) is 4.98 Å². The van der Waals surface area contributed by atoms with Crippen molar-refractivity contribution in [3.8, 4) is 11.5 Å². The molecule has 0 bridgehead atoms. The molecule has 2 heterocycles. The van der Waals surface area contributed by atoms with Crippen LogP contribution in [0.25, 0.3) is 11.5 Å². The number of fused-ring (bicyclic) bond motifs is 1. The van der Waals surface area contributed by atoms with Crippen LogP contribution >= 0.6 is 0 Å². The average Bonchev–Trinajstić information content (AvgIpc) is 2.95. The highest BCUT2D eigenvalue weighted by Gasteiger charge is 2.14. The van der Waals surface area contributed by atoms with Gasteiger partial charge in [0.25, 0.3) is 5.89 Å². The highest BCUT2D eigenvalue weighted by Crippen LogP contribution is 2.24. The van der Waals surface area contributed by atoms with Crippen molar-refractivity contribution < 1.29 is 4.52 Å². The molecule has 1 aliphatic rings. The summed E-state index contributed by atoms with van der Waals surface area (Å²) in [7, 11) is 0.